The van der Waals surface area contributed by atoms with E-state index in [2.05, 4.69) is 20.5 Å². The summed E-state index contributed by atoms with van der Waals surface area (Å²) in [6, 6.07) is 9.41. The molecule has 134 valence electrons. The Kier molecular flexibility index (Phi) is 4.16. The molecule has 0 bridgehead atoms. The number of aryl methyl sites for hydroxylation is 1. The van der Waals surface area contributed by atoms with Gasteiger partial charge in [-0.05, 0) is 18.6 Å². The van der Waals surface area contributed by atoms with E-state index in [1.807, 2.05) is 40.8 Å². The first-order chi connectivity index (χ1) is 12.6. The molecular formula is C18H20N6O2. The third-order valence-corrected chi connectivity index (χ3v) is 4.88. The van der Waals surface area contributed by atoms with Gasteiger partial charge in [-0.15, -0.1) is 0 Å². The topological polar surface area (TPSA) is 95.9 Å². The number of carbonyl (C=O) groups is 1. The number of nitrogens with one attached hydrogen (secondary N) is 2. The van der Waals surface area contributed by atoms with E-state index in [-0.39, 0.29) is 17.4 Å². The summed E-state index contributed by atoms with van der Waals surface area (Å²) in [5.74, 6) is 0.731. The standard InChI is InChI=1S/C18H20N6O2/c1-23-15-5-3-2-4-14(15)21-16(23)10-19-18(26)12-6-7-24(11-12)13-8-17(25)22-20-9-13/h2-5,8-9,12H,6-7,10-11H2,1H3,(H,19,26)(H,22,25). The maximum Gasteiger partial charge on any atom is 0.266 e. The van der Waals surface area contributed by atoms with Crippen LogP contribution >= 0.6 is 0 Å². The van der Waals surface area contributed by atoms with Crippen LogP contribution in [-0.4, -0.2) is 38.7 Å². The number of carbonyl (C=O) groups excluding carboxylic acids is 1. The van der Waals surface area contributed by atoms with Gasteiger partial charge in [-0.25, -0.2) is 10.1 Å². The predicted octanol–water partition coefficient (Wildman–Crippen LogP) is 0.799. The zero-order valence-electron chi connectivity index (χ0n) is 14.5. The third kappa shape index (κ3) is 3.05. The minimum Gasteiger partial charge on any atom is -0.369 e. The number of aromatic amines is 1. The molecule has 0 aliphatic carbocycles. The summed E-state index contributed by atoms with van der Waals surface area (Å²) < 4.78 is 2.00. The summed E-state index contributed by atoms with van der Waals surface area (Å²) in [6.45, 7) is 1.71. The zero-order chi connectivity index (χ0) is 18.1. The van der Waals surface area contributed by atoms with Crippen LogP contribution in [0.4, 0.5) is 5.69 Å². The van der Waals surface area contributed by atoms with Gasteiger partial charge < -0.3 is 14.8 Å². The van der Waals surface area contributed by atoms with Crippen LogP contribution in [0.2, 0.25) is 0 Å². The molecule has 0 spiro atoms. The smallest absolute Gasteiger partial charge is 0.266 e. The van der Waals surface area contributed by atoms with Crippen molar-refractivity contribution >= 4 is 22.6 Å². The number of hydrogen-bond acceptors (Lipinski definition) is 5. The van der Waals surface area contributed by atoms with Gasteiger partial charge in [0.05, 0.1) is 35.4 Å². The summed E-state index contributed by atoms with van der Waals surface area (Å²) >= 11 is 0. The van der Waals surface area contributed by atoms with Crippen LogP contribution in [0.25, 0.3) is 11.0 Å². The largest absolute Gasteiger partial charge is 0.369 e. The van der Waals surface area contributed by atoms with Gasteiger partial charge in [-0.3, -0.25) is 9.59 Å². The lowest BCUT2D eigenvalue weighted by Gasteiger charge is -2.17. The van der Waals surface area contributed by atoms with Crippen molar-refractivity contribution < 1.29 is 4.79 Å². The van der Waals surface area contributed by atoms with E-state index in [0.29, 0.717) is 13.1 Å². The van der Waals surface area contributed by atoms with Gasteiger partial charge in [0.1, 0.15) is 5.82 Å². The number of hydrogen-bond donors (Lipinski definition) is 2. The van der Waals surface area contributed by atoms with Crippen molar-refractivity contribution in [3.63, 3.8) is 0 Å². The number of fused-ring (bicyclic) bond motifs is 1. The quantitative estimate of drug-likeness (QED) is 0.724. The summed E-state index contributed by atoms with van der Waals surface area (Å²) in [4.78, 5) is 30.5. The normalized spacial score (nSPS) is 17.0. The lowest BCUT2D eigenvalue weighted by molar-refractivity contribution is -0.124. The highest BCUT2D eigenvalue weighted by atomic mass is 16.2. The summed E-state index contributed by atoms with van der Waals surface area (Å²) in [7, 11) is 1.95. The first-order valence-corrected chi connectivity index (χ1v) is 8.59. The maximum absolute atomic E-state index is 12.5. The van der Waals surface area contributed by atoms with E-state index in [1.54, 1.807) is 6.20 Å². The third-order valence-electron chi connectivity index (χ3n) is 4.88. The molecule has 8 heteroatoms. The molecule has 2 N–H and O–H groups in total. The van der Waals surface area contributed by atoms with E-state index in [0.717, 1.165) is 35.5 Å². The molecule has 4 rings (SSSR count). The molecule has 2 aromatic heterocycles. The van der Waals surface area contributed by atoms with Gasteiger partial charge in [0.15, 0.2) is 0 Å². The molecule has 0 radical (unpaired) electrons. The minimum atomic E-state index is -0.239. The van der Waals surface area contributed by atoms with Gasteiger partial charge in [0.2, 0.25) is 5.91 Å². The highest BCUT2D eigenvalue weighted by Crippen LogP contribution is 2.22. The lowest BCUT2D eigenvalue weighted by Crippen LogP contribution is -2.33. The Morgan fingerprint density at radius 3 is 3.04 bits per heavy atom. The van der Waals surface area contributed by atoms with Crippen molar-refractivity contribution in [3.05, 3.63) is 52.7 Å². The monoisotopic (exact) mass is 352 g/mol. The second kappa shape index (κ2) is 6.62. The molecule has 1 aliphatic heterocycles. The van der Waals surface area contributed by atoms with Crippen LogP contribution in [0.5, 0.6) is 0 Å². The minimum absolute atomic E-state index is 0.0114. The first-order valence-electron chi connectivity index (χ1n) is 8.59. The molecule has 8 nitrogen and oxygen atoms in total. The van der Waals surface area contributed by atoms with Crippen molar-refractivity contribution in [2.45, 2.75) is 13.0 Å². The number of benzene rings is 1. The summed E-state index contributed by atoms with van der Waals surface area (Å²) in [5, 5.41) is 9.17. The van der Waals surface area contributed by atoms with Gasteiger partial charge in [-0.1, -0.05) is 12.1 Å². The van der Waals surface area contributed by atoms with Crippen LogP contribution in [0, 0.1) is 5.92 Å². The number of imidazole rings is 1. The Labute approximate surface area is 149 Å². The van der Waals surface area contributed by atoms with Crippen LogP contribution in [0.3, 0.4) is 0 Å². The Bertz CT molecular complexity index is 1010. The van der Waals surface area contributed by atoms with Crippen molar-refractivity contribution in [1.82, 2.24) is 25.1 Å². The number of rotatable bonds is 4. The van der Waals surface area contributed by atoms with Gasteiger partial charge >= 0.3 is 0 Å². The van der Waals surface area contributed by atoms with Gasteiger partial charge in [0.25, 0.3) is 5.56 Å². The SMILES string of the molecule is Cn1c(CNC(=O)C2CCN(c3cn[nH]c(=O)c3)C2)nc2ccccc21. The Balaban J connectivity index is 1.39. The average Bonchev–Trinajstić information content (AvgIpc) is 3.26. The fourth-order valence-corrected chi connectivity index (χ4v) is 3.41. The molecule has 1 aliphatic rings. The molecule has 3 aromatic rings. The molecular weight excluding hydrogens is 332 g/mol. The van der Waals surface area contributed by atoms with Gasteiger partial charge in [-0.2, -0.15) is 5.10 Å². The number of nitrogens with zero attached hydrogens (tertiary/aromatic N) is 4. The molecule has 1 unspecified atom stereocenters. The number of para-hydroxylation sites is 2. The van der Waals surface area contributed by atoms with Crippen LogP contribution < -0.4 is 15.8 Å². The lowest BCUT2D eigenvalue weighted by atomic mass is 10.1. The summed E-state index contributed by atoms with van der Waals surface area (Å²) in [5.41, 5.74) is 2.48. The molecule has 0 saturated carbocycles. The molecule has 1 amide bonds. The molecule has 1 aromatic carbocycles. The van der Waals surface area contributed by atoms with Crippen molar-refractivity contribution in [3.8, 4) is 0 Å². The highest BCUT2D eigenvalue weighted by molar-refractivity contribution is 5.80. The Hall–Kier alpha value is -3.16. The Morgan fingerprint density at radius 1 is 1.38 bits per heavy atom. The van der Waals surface area contributed by atoms with Crippen LogP contribution in [-0.2, 0) is 18.4 Å². The van der Waals surface area contributed by atoms with E-state index < -0.39 is 0 Å². The second-order valence-corrected chi connectivity index (χ2v) is 6.53. The van der Waals surface area contributed by atoms with Gasteiger partial charge in [0, 0.05) is 26.2 Å². The average molecular weight is 352 g/mol. The molecule has 1 atom stereocenters. The molecule has 1 fully saturated rings. The zero-order valence-corrected chi connectivity index (χ0v) is 14.5. The van der Waals surface area contributed by atoms with E-state index >= 15 is 0 Å². The molecule has 1 saturated heterocycles. The number of aromatic nitrogens is 4. The van der Waals surface area contributed by atoms with Crippen molar-refractivity contribution in [1.29, 1.82) is 0 Å². The molecule has 26 heavy (non-hydrogen) atoms. The predicted molar refractivity (Wildman–Crippen MR) is 97.7 cm³/mol. The van der Waals surface area contributed by atoms with E-state index in [1.165, 1.54) is 6.07 Å². The van der Waals surface area contributed by atoms with E-state index in [4.69, 9.17) is 0 Å². The maximum atomic E-state index is 12.5. The number of anilines is 1. The van der Waals surface area contributed by atoms with Crippen LogP contribution in [0.15, 0.2) is 41.3 Å². The molecule has 3 heterocycles. The highest BCUT2D eigenvalue weighted by Gasteiger charge is 2.28. The fraction of sp³-hybridized carbons (Fsp3) is 0.333. The van der Waals surface area contributed by atoms with E-state index in [9.17, 15) is 9.59 Å². The van der Waals surface area contributed by atoms with Crippen molar-refractivity contribution in [2.75, 3.05) is 18.0 Å². The second-order valence-electron chi connectivity index (χ2n) is 6.53. The number of H-pyrrole nitrogens is 1. The van der Waals surface area contributed by atoms with Crippen molar-refractivity contribution in [2.24, 2.45) is 13.0 Å². The Morgan fingerprint density at radius 2 is 2.23 bits per heavy atom. The van der Waals surface area contributed by atoms with Crippen LogP contribution in [0.1, 0.15) is 12.2 Å². The summed E-state index contributed by atoms with van der Waals surface area (Å²) in [6.07, 6.45) is 2.36. The number of amides is 1. The fourth-order valence-electron chi connectivity index (χ4n) is 3.41. The first kappa shape index (κ1) is 16.3.